The molecule has 2 heterocycles. The highest BCUT2D eigenvalue weighted by Gasteiger charge is 2.17. The van der Waals surface area contributed by atoms with Crippen molar-refractivity contribution in [3.05, 3.63) is 87.7 Å². The second-order valence-corrected chi connectivity index (χ2v) is 9.18. The fourth-order valence-corrected chi connectivity index (χ4v) is 4.21. The highest BCUT2D eigenvalue weighted by molar-refractivity contribution is 7.92. The van der Waals surface area contributed by atoms with Gasteiger partial charge in [0.25, 0.3) is 15.6 Å². The first-order valence-corrected chi connectivity index (χ1v) is 11.7. The van der Waals surface area contributed by atoms with Crippen molar-refractivity contribution in [3.63, 3.8) is 0 Å². The van der Waals surface area contributed by atoms with E-state index >= 15 is 0 Å². The van der Waals surface area contributed by atoms with Crippen LogP contribution in [0.25, 0.3) is 5.69 Å². The number of methoxy groups -OCH3 is 1. The summed E-state index contributed by atoms with van der Waals surface area (Å²) in [6.45, 7) is 1.76. The van der Waals surface area contributed by atoms with Crippen molar-refractivity contribution in [1.29, 1.82) is 0 Å². The van der Waals surface area contributed by atoms with Crippen LogP contribution in [0.4, 0.5) is 11.5 Å². The smallest absolute Gasteiger partial charge is 0.280 e. The number of ether oxygens (including phenoxy) is 1. The summed E-state index contributed by atoms with van der Waals surface area (Å²) >= 11 is 5.91. The number of nitrogens with one attached hydrogen (secondary N) is 2. The lowest BCUT2D eigenvalue weighted by Crippen LogP contribution is -2.17. The number of aryl methyl sites for hydroxylation is 1. The summed E-state index contributed by atoms with van der Waals surface area (Å²) in [5, 5.41) is 3.58. The Balaban J connectivity index is 1.55. The first-order valence-electron chi connectivity index (χ1n) is 9.87. The van der Waals surface area contributed by atoms with E-state index in [4.69, 9.17) is 16.3 Å². The summed E-state index contributed by atoms with van der Waals surface area (Å²) in [5.41, 5.74) is 1.84. The number of rotatable bonds is 7. The molecule has 2 N–H and O–H groups in total. The van der Waals surface area contributed by atoms with Crippen molar-refractivity contribution in [3.8, 4) is 11.4 Å². The Morgan fingerprint density at radius 2 is 1.85 bits per heavy atom. The number of nitrogens with zero attached hydrogens (tertiary/aromatic N) is 4. The van der Waals surface area contributed by atoms with E-state index in [0.717, 1.165) is 0 Å². The van der Waals surface area contributed by atoms with E-state index in [1.807, 2.05) is 0 Å². The maximum absolute atomic E-state index is 12.8. The first-order chi connectivity index (χ1) is 16.3. The van der Waals surface area contributed by atoms with Gasteiger partial charge in [-0.2, -0.15) is 0 Å². The van der Waals surface area contributed by atoms with Crippen LogP contribution in [0.5, 0.6) is 5.75 Å². The zero-order valence-corrected chi connectivity index (χ0v) is 19.6. The van der Waals surface area contributed by atoms with E-state index in [9.17, 15) is 13.2 Å². The van der Waals surface area contributed by atoms with Crippen molar-refractivity contribution >= 4 is 39.3 Å². The molecule has 2 aromatic heterocycles. The fourth-order valence-electron chi connectivity index (χ4n) is 3.06. The molecule has 0 radical (unpaired) electrons. The third-order valence-corrected chi connectivity index (χ3v) is 6.43. The number of H-pyrrole nitrogens is 1. The van der Waals surface area contributed by atoms with Gasteiger partial charge in [-0.1, -0.05) is 11.6 Å². The first kappa shape index (κ1) is 23.2. The molecule has 34 heavy (non-hydrogen) atoms. The molecule has 12 heteroatoms. The number of anilines is 1. The summed E-state index contributed by atoms with van der Waals surface area (Å²) < 4.78 is 34.2. The lowest BCUT2D eigenvalue weighted by molar-refractivity contribution is 0.413. The van der Waals surface area contributed by atoms with Gasteiger partial charge in [0.05, 0.1) is 35.1 Å². The molecule has 0 saturated heterocycles. The third kappa shape index (κ3) is 4.85. The largest absolute Gasteiger partial charge is 0.491 e. The van der Waals surface area contributed by atoms with E-state index in [1.54, 1.807) is 31.2 Å². The van der Waals surface area contributed by atoms with Gasteiger partial charge in [-0.05, 0) is 55.5 Å². The number of aliphatic imine (C=N–C) groups is 1. The molecule has 0 unspecified atom stereocenters. The molecule has 174 valence electrons. The van der Waals surface area contributed by atoms with Crippen LogP contribution in [0.1, 0.15) is 11.3 Å². The van der Waals surface area contributed by atoms with Gasteiger partial charge in [0.2, 0.25) is 0 Å². The molecule has 2 aromatic carbocycles. The van der Waals surface area contributed by atoms with E-state index in [-0.39, 0.29) is 22.0 Å². The number of halogens is 1. The minimum atomic E-state index is -3.91. The Hall–Kier alpha value is -3.96. The molecule has 10 nitrogen and oxygen atoms in total. The second-order valence-electron chi connectivity index (χ2n) is 7.06. The molecule has 0 saturated carbocycles. The number of hydrogen-bond acceptors (Lipinski definition) is 7. The maximum Gasteiger partial charge on any atom is 0.280 e. The Labute approximate surface area is 200 Å². The molecule has 0 fully saturated rings. The average molecular weight is 499 g/mol. The molecule has 0 amide bonds. The maximum atomic E-state index is 12.8. The van der Waals surface area contributed by atoms with E-state index < -0.39 is 10.0 Å². The normalized spacial score (nSPS) is 11.6. The van der Waals surface area contributed by atoms with Gasteiger partial charge < -0.3 is 4.74 Å². The molecule has 0 aliphatic carbocycles. The molecule has 0 aliphatic rings. The van der Waals surface area contributed by atoms with Gasteiger partial charge in [0.1, 0.15) is 6.33 Å². The Kier molecular flexibility index (Phi) is 6.48. The zero-order valence-electron chi connectivity index (χ0n) is 18.1. The summed E-state index contributed by atoms with van der Waals surface area (Å²) in [7, 11) is -2.52. The lowest BCUT2D eigenvalue weighted by atomic mass is 10.2. The second kappa shape index (κ2) is 9.49. The molecular weight excluding hydrogens is 480 g/mol. The van der Waals surface area contributed by atoms with Crippen LogP contribution in [0.15, 0.2) is 75.7 Å². The minimum Gasteiger partial charge on any atom is -0.491 e. The van der Waals surface area contributed by atoms with Crippen LogP contribution in [0.3, 0.4) is 0 Å². The van der Waals surface area contributed by atoms with Crippen LogP contribution in [0, 0.1) is 6.92 Å². The number of sulfonamides is 1. The Bertz CT molecular complexity index is 1510. The topological polar surface area (TPSA) is 131 Å². The molecule has 0 aliphatic heterocycles. The summed E-state index contributed by atoms with van der Waals surface area (Å²) in [6, 6.07) is 12.7. The number of aromatic amines is 1. The fraction of sp³-hybridized carbons (Fsp3) is 0.0909. The lowest BCUT2D eigenvalue weighted by Gasteiger charge is -2.10. The van der Waals surface area contributed by atoms with Gasteiger partial charge in [0, 0.05) is 16.9 Å². The summed E-state index contributed by atoms with van der Waals surface area (Å²) in [4.78, 5) is 24.8. The van der Waals surface area contributed by atoms with Crippen molar-refractivity contribution in [2.45, 2.75) is 11.8 Å². The number of benzene rings is 2. The Morgan fingerprint density at radius 3 is 2.53 bits per heavy atom. The Morgan fingerprint density at radius 1 is 1.15 bits per heavy atom. The summed E-state index contributed by atoms with van der Waals surface area (Å²) in [5.74, 6) is 0.220. The van der Waals surface area contributed by atoms with Gasteiger partial charge >= 0.3 is 0 Å². The van der Waals surface area contributed by atoms with Crippen molar-refractivity contribution in [1.82, 2.24) is 19.7 Å². The SMILES string of the molecule is COc1cncnc1NS(=O)(=O)c1ccc(N=Cc2c(C)[nH]n(-c3ccc(Cl)cc3)c2=O)cc1. The van der Waals surface area contributed by atoms with Gasteiger partial charge in [-0.3, -0.25) is 19.6 Å². The van der Waals surface area contributed by atoms with Crippen LogP contribution in [-0.4, -0.2) is 41.5 Å². The van der Waals surface area contributed by atoms with E-state index in [1.165, 1.54) is 54.8 Å². The monoisotopic (exact) mass is 498 g/mol. The minimum absolute atomic E-state index is 0.00929. The zero-order chi connectivity index (χ0) is 24.3. The number of hydrogen-bond donors (Lipinski definition) is 2. The van der Waals surface area contributed by atoms with Crippen molar-refractivity contribution in [2.75, 3.05) is 11.8 Å². The highest BCUT2D eigenvalue weighted by atomic mass is 35.5. The van der Waals surface area contributed by atoms with Crippen LogP contribution >= 0.6 is 11.6 Å². The predicted octanol–water partition coefficient (Wildman–Crippen LogP) is 3.48. The van der Waals surface area contributed by atoms with Crippen molar-refractivity contribution in [2.24, 2.45) is 4.99 Å². The van der Waals surface area contributed by atoms with Crippen LogP contribution in [0.2, 0.25) is 5.02 Å². The molecule has 0 atom stereocenters. The quantitative estimate of drug-likeness (QED) is 0.375. The molecule has 4 rings (SSSR count). The van der Waals surface area contributed by atoms with E-state index in [0.29, 0.717) is 27.7 Å². The number of aromatic nitrogens is 4. The van der Waals surface area contributed by atoms with Crippen LogP contribution < -0.4 is 15.0 Å². The standard InChI is InChI=1S/C22H19ClN6O4S/c1-14-19(22(30)29(27-14)17-7-3-15(23)4-8-17)11-25-16-5-9-18(10-6-16)34(31,32)28-21-20(33-2)12-24-13-26-21/h3-13,27H,1-2H3,(H,24,26,28). The van der Waals surface area contributed by atoms with Gasteiger partial charge in [-0.15, -0.1) is 0 Å². The summed E-state index contributed by atoms with van der Waals surface area (Å²) in [6.07, 6.45) is 4.00. The third-order valence-electron chi connectivity index (χ3n) is 4.82. The van der Waals surface area contributed by atoms with Crippen LogP contribution in [-0.2, 0) is 10.0 Å². The predicted molar refractivity (Wildman–Crippen MR) is 129 cm³/mol. The molecule has 4 aromatic rings. The molecular formula is C22H19ClN6O4S. The van der Waals surface area contributed by atoms with Crippen molar-refractivity contribution < 1.29 is 13.2 Å². The van der Waals surface area contributed by atoms with E-state index in [2.05, 4.69) is 24.8 Å². The molecule has 0 spiro atoms. The average Bonchev–Trinajstić information content (AvgIpc) is 3.11. The highest BCUT2D eigenvalue weighted by Crippen LogP contribution is 2.24. The van der Waals surface area contributed by atoms with Gasteiger partial charge in [-0.25, -0.2) is 23.1 Å². The molecule has 0 bridgehead atoms. The van der Waals surface area contributed by atoms with Gasteiger partial charge in [0.15, 0.2) is 11.6 Å².